The zero-order chi connectivity index (χ0) is 18.5. The van der Waals surface area contributed by atoms with Crippen molar-refractivity contribution in [1.82, 2.24) is 24.7 Å². The molecule has 2 amide bonds. The lowest BCUT2D eigenvalue weighted by Crippen LogP contribution is -2.59. The summed E-state index contributed by atoms with van der Waals surface area (Å²) < 4.78 is 7.66. The third-order valence-electron chi connectivity index (χ3n) is 6.62. The lowest BCUT2D eigenvalue weighted by Gasteiger charge is -2.44. The lowest BCUT2D eigenvalue weighted by atomic mass is 9.94. The average Bonchev–Trinajstić information content (AvgIpc) is 3.40. The number of imidazole rings is 1. The smallest absolute Gasteiger partial charge is 0.317 e. The van der Waals surface area contributed by atoms with Gasteiger partial charge in [-0.3, -0.25) is 4.90 Å². The summed E-state index contributed by atoms with van der Waals surface area (Å²) in [5.74, 6) is 0.512. The van der Waals surface area contributed by atoms with E-state index < -0.39 is 0 Å². The molecule has 3 heterocycles. The van der Waals surface area contributed by atoms with Gasteiger partial charge in [-0.15, -0.1) is 0 Å². The number of aromatic nitrogens is 2. The van der Waals surface area contributed by atoms with Crippen molar-refractivity contribution >= 4 is 6.03 Å². The predicted molar refractivity (Wildman–Crippen MR) is 104 cm³/mol. The first-order chi connectivity index (χ1) is 13.3. The molecule has 1 aromatic rings. The highest BCUT2D eigenvalue weighted by atomic mass is 16.5. The van der Waals surface area contributed by atoms with E-state index in [1.807, 2.05) is 23.6 Å². The Labute approximate surface area is 162 Å². The van der Waals surface area contributed by atoms with Crippen LogP contribution in [0.2, 0.25) is 0 Å². The van der Waals surface area contributed by atoms with Gasteiger partial charge in [0.25, 0.3) is 0 Å². The first-order valence-electron chi connectivity index (χ1n) is 10.6. The maximum atomic E-state index is 12.9. The summed E-state index contributed by atoms with van der Waals surface area (Å²) in [5, 5.41) is 3.30. The van der Waals surface area contributed by atoms with Crippen molar-refractivity contribution < 1.29 is 9.53 Å². The maximum Gasteiger partial charge on any atom is 0.317 e. The lowest BCUT2D eigenvalue weighted by molar-refractivity contribution is -0.0198. The monoisotopic (exact) mass is 375 g/mol. The topological polar surface area (TPSA) is 62.6 Å². The number of likely N-dealkylation sites (tertiary alicyclic amines) is 1. The minimum absolute atomic E-state index is 0.116. The molecule has 1 saturated carbocycles. The number of nitrogens with zero attached hydrogens (tertiary/aromatic N) is 4. The molecular formula is C20H33N5O2. The van der Waals surface area contributed by atoms with E-state index in [-0.39, 0.29) is 11.6 Å². The van der Waals surface area contributed by atoms with Crippen LogP contribution in [0.25, 0.3) is 0 Å². The minimum atomic E-state index is 0.116. The van der Waals surface area contributed by atoms with E-state index in [4.69, 9.17) is 4.74 Å². The van der Waals surface area contributed by atoms with Crippen LogP contribution in [-0.4, -0.2) is 76.9 Å². The Kier molecular flexibility index (Phi) is 5.98. The Bertz CT molecular complexity index is 594. The van der Waals surface area contributed by atoms with Crippen molar-refractivity contribution in [1.29, 1.82) is 0 Å². The number of piperidine rings is 1. The number of carbonyl (C=O) groups is 1. The number of hydrogen-bond donors (Lipinski definition) is 1. The van der Waals surface area contributed by atoms with Gasteiger partial charge >= 0.3 is 6.03 Å². The molecule has 2 aliphatic heterocycles. The van der Waals surface area contributed by atoms with E-state index in [0.29, 0.717) is 5.92 Å². The summed E-state index contributed by atoms with van der Waals surface area (Å²) in [6.45, 7) is 7.05. The van der Waals surface area contributed by atoms with Gasteiger partial charge in [0.05, 0.1) is 19.5 Å². The second-order valence-corrected chi connectivity index (χ2v) is 8.40. The summed E-state index contributed by atoms with van der Waals surface area (Å²) >= 11 is 0. The molecule has 1 aliphatic carbocycles. The molecule has 1 atom stereocenters. The van der Waals surface area contributed by atoms with Crippen molar-refractivity contribution in [2.45, 2.75) is 50.6 Å². The molecule has 0 bridgehead atoms. The van der Waals surface area contributed by atoms with E-state index in [2.05, 4.69) is 19.8 Å². The number of ether oxygens (including phenoxy) is 1. The van der Waals surface area contributed by atoms with E-state index in [1.165, 1.54) is 32.1 Å². The number of carbonyl (C=O) groups excluding carboxylic acids is 1. The van der Waals surface area contributed by atoms with E-state index in [1.54, 1.807) is 0 Å². The number of urea groups is 1. The fraction of sp³-hybridized carbons (Fsp3) is 0.800. The first-order valence-corrected chi connectivity index (χ1v) is 10.6. The SMILES string of the molecule is O=C(NCC1(N2CCOCC2)CCCC1)N1CCCC(Cn2ccnc2)C1. The summed E-state index contributed by atoms with van der Waals surface area (Å²) in [5.41, 5.74) is 0.144. The van der Waals surface area contributed by atoms with Crippen molar-refractivity contribution in [2.24, 2.45) is 5.92 Å². The van der Waals surface area contributed by atoms with Crippen LogP contribution in [0.4, 0.5) is 4.79 Å². The zero-order valence-corrected chi connectivity index (χ0v) is 16.3. The Morgan fingerprint density at radius 2 is 2.00 bits per heavy atom. The van der Waals surface area contributed by atoms with Gasteiger partial charge in [0.15, 0.2) is 0 Å². The number of amides is 2. The highest BCUT2D eigenvalue weighted by Crippen LogP contribution is 2.35. The number of nitrogens with one attached hydrogen (secondary N) is 1. The Hall–Kier alpha value is -1.60. The van der Waals surface area contributed by atoms with E-state index in [9.17, 15) is 4.79 Å². The van der Waals surface area contributed by atoms with Crippen molar-refractivity contribution in [3.05, 3.63) is 18.7 Å². The molecule has 7 nitrogen and oxygen atoms in total. The molecule has 0 aromatic carbocycles. The van der Waals surface area contributed by atoms with E-state index >= 15 is 0 Å². The van der Waals surface area contributed by atoms with Gasteiger partial charge < -0.3 is 19.5 Å². The van der Waals surface area contributed by atoms with Crippen LogP contribution in [0.5, 0.6) is 0 Å². The van der Waals surface area contributed by atoms with Crippen LogP contribution in [0.15, 0.2) is 18.7 Å². The molecule has 1 N–H and O–H groups in total. The average molecular weight is 376 g/mol. The second kappa shape index (κ2) is 8.61. The quantitative estimate of drug-likeness (QED) is 0.854. The molecule has 1 unspecified atom stereocenters. The molecule has 0 spiro atoms. The number of hydrogen-bond acceptors (Lipinski definition) is 4. The molecule has 3 aliphatic rings. The first kappa shape index (κ1) is 18.7. The van der Waals surface area contributed by atoms with Gasteiger partial charge in [0.2, 0.25) is 0 Å². The van der Waals surface area contributed by atoms with E-state index in [0.717, 1.165) is 58.9 Å². The second-order valence-electron chi connectivity index (χ2n) is 8.40. The molecule has 150 valence electrons. The normalized spacial score (nSPS) is 26.2. The van der Waals surface area contributed by atoms with Crippen LogP contribution in [-0.2, 0) is 11.3 Å². The molecule has 1 aromatic heterocycles. The molecule has 7 heteroatoms. The predicted octanol–water partition coefficient (Wildman–Crippen LogP) is 1.95. The van der Waals surface area contributed by atoms with Crippen molar-refractivity contribution in [3.63, 3.8) is 0 Å². The van der Waals surface area contributed by atoms with Crippen LogP contribution in [0.3, 0.4) is 0 Å². The maximum absolute atomic E-state index is 12.9. The molecule has 27 heavy (non-hydrogen) atoms. The minimum Gasteiger partial charge on any atom is -0.379 e. The summed E-state index contributed by atoms with van der Waals surface area (Å²) in [4.78, 5) is 21.6. The number of morpholine rings is 1. The third-order valence-corrected chi connectivity index (χ3v) is 6.62. The van der Waals surface area contributed by atoms with Gasteiger partial charge in [0, 0.05) is 57.2 Å². The molecular weight excluding hydrogens is 342 g/mol. The van der Waals surface area contributed by atoms with Crippen LogP contribution in [0, 0.1) is 5.92 Å². The molecule has 3 fully saturated rings. The molecule has 2 saturated heterocycles. The standard InChI is InChI=1S/C20H33N5O2/c26-19(24-8-3-4-18(15-24)14-23-9-7-21-17-23)22-16-20(5-1-2-6-20)25-10-12-27-13-11-25/h7,9,17-18H,1-6,8,10-16H2,(H,22,26). The summed E-state index contributed by atoms with van der Waals surface area (Å²) in [7, 11) is 0. The summed E-state index contributed by atoms with van der Waals surface area (Å²) in [6.07, 6.45) is 12.9. The Morgan fingerprint density at radius 1 is 1.19 bits per heavy atom. The van der Waals surface area contributed by atoms with Gasteiger partial charge in [-0.25, -0.2) is 9.78 Å². The Morgan fingerprint density at radius 3 is 2.74 bits per heavy atom. The largest absolute Gasteiger partial charge is 0.379 e. The molecule has 4 rings (SSSR count). The number of rotatable bonds is 5. The molecule has 0 radical (unpaired) electrons. The van der Waals surface area contributed by atoms with Gasteiger partial charge in [-0.2, -0.15) is 0 Å². The highest BCUT2D eigenvalue weighted by molar-refractivity contribution is 5.74. The zero-order valence-electron chi connectivity index (χ0n) is 16.3. The Balaban J connectivity index is 1.31. The fourth-order valence-electron chi connectivity index (χ4n) is 5.12. The van der Waals surface area contributed by atoms with Crippen LogP contribution < -0.4 is 5.32 Å². The van der Waals surface area contributed by atoms with Crippen LogP contribution >= 0.6 is 0 Å². The fourth-order valence-corrected chi connectivity index (χ4v) is 5.12. The van der Waals surface area contributed by atoms with Crippen molar-refractivity contribution in [3.8, 4) is 0 Å². The van der Waals surface area contributed by atoms with Gasteiger partial charge in [-0.05, 0) is 31.6 Å². The van der Waals surface area contributed by atoms with Crippen LogP contribution in [0.1, 0.15) is 38.5 Å². The van der Waals surface area contributed by atoms with Crippen molar-refractivity contribution in [2.75, 3.05) is 45.9 Å². The third kappa shape index (κ3) is 4.46. The van der Waals surface area contributed by atoms with Gasteiger partial charge in [0.1, 0.15) is 0 Å². The highest BCUT2D eigenvalue weighted by Gasteiger charge is 2.40. The summed E-state index contributed by atoms with van der Waals surface area (Å²) in [6, 6.07) is 0.116. The van der Waals surface area contributed by atoms with Gasteiger partial charge in [-0.1, -0.05) is 12.8 Å².